The Kier molecular flexibility index (Phi) is 7.30. The number of aromatic nitrogens is 2. The van der Waals surface area contributed by atoms with Crippen molar-refractivity contribution in [2.45, 2.75) is 19.9 Å². The lowest BCUT2D eigenvalue weighted by atomic mass is 10.0. The van der Waals surface area contributed by atoms with Crippen LogP contribution in [0.25, 0.3) is 11.0 Å². The number of methoxy groups -OCH3 is 1. The highest BCUT2D eigenvalue weighted by Gasteiger charge is 2.19. The molecule has 2 aromatic heterocycles. The maximum atomic E-state index is 12.5. The Morgan fingerprint density at radius 1 is 1.41 bits per heavy atom. The summed E-state index contributed by atoms with van der Waals surface area (Å²) in [6.07, 6.45) is 5.08. The SMILES string of the molecule is CCN(CC)C(CNC(=O)/C=C/c1c(Cl)nc2sccn12)c1cccc(OC)c1. The molecule has 3 aromatic rings. The molecule has 8 heteroatoms. The van der Waals surface area contributed by atoms with E-state index in [-0.39, 0.29) is 11.9 Å². The van der Waals surface area contributed by atoms with E-state index in [2.05, 4.69) is 35.1 Å². The number of hydrogen-bond donors (Lipinski definition) is 1. The summed E-state index contributed by atoms with van der Waals surface area (Å²) in [4.78, 5) is 19.9. The highest BCUT2D eigenvalue weighted by atomic mass is 35.5. The van der Waals surface area contributed by atoms with Gasteiger partial charge >= 0.3 is 0 Å². The summed E-state index contributed by atoms with van der Waals surface area (Å²) in [5, 5.41) is 5.33. The van der Waals surface area contributed by atoms with Gasteiger partial charge in [-0.3, -0.25) is 14.1 Å². The summed E-state index contributed by atoms with van der Waals surface area (Å²) < 4.78 is 7.23. The van der Waals surface area contributed by atoms with Gasteiger partial charge in [0.2, 0.25) is 5.91 Å². The highest BCUT2D eigenvalue weighted by Crippen LogP contribution is 2.24. The molecular weight excluding hydrogens is 408 g/mol. The second-order valence-corrected chi connectivity index (χ2v) is 7.67. The Morgan fingerprint density at radius 3 is 2.93 bits per heavy atom. The van der Waals surface area contributed by atoms with E-state index < -0.39 is 0 Å². The topological polar surface area (TPSA) is 58.9 Å². The molecule has 0 saturated heterocycles. The van der Waals surface area contributed by atoms with Crippen molar-refractivity contribution in [3.05, 3.63) is 58.3 Å². The van der Waals surface area contributed by atoms with Crippen molar-refractivity contribution < 1.29 is 9.53 Å². The first kappa shape index (κ1) is 21.4. The zero-order valence-electron chi connectivity index (χ0n) is 16.8. The number of amides is 1. The lowest BCUT2D eigenvalue weighted by Crippen LogP contribution is -2.37. The Hall–Kier alpha value is -2.35. The molecule has 6 nitrogen and oxygen atoms in total. The first-order chi connectivity index (χ1) is 14.1. The number of fused-ring (bicyclic) bond motifs is 1. The third-order valence-electron chi connectivity index (χ3n) is 4.85. The number of carbonyl (C=O) groups is 1. The number of halogens is 1. The van der Waals surface area contributed by atoms with E-state index in [9.17, 15) is 4.79 Å². The standard InChI is InChI=1S/C21H25ClN4O2S/c1-4-25(5-2)18(15-7-6-8-16(13-15)28-3)14-23-19(27)10-9-17-20(22)24-21-26(17)11-12-29-21/h6-13,18H,4-5,14H2,1-3H3,(H,23,27)/b10-9+. The number of ether oxygens (including phenoxy) is 1. The van der Waals surface area contributed by atoms with Crippen LogP contribution >= 0.6 is 22.9 Å². The van der Waals surface area contributed by atoms with Crippen molar-refractivity contribution in [3.8, 4) is 5.75 Å². The molecular formula is C21H25ClN4O2S. The maximum absolute atomic E-state index is 12.5. The van der Waals surface area contributed by atoms with Crippen LogP contribution in [0.5, 0.6) is 5.75 Å². The molecule has 0 bridgehead atoms. The third-order valence-corrected chi connectivity index (χ3v) is 5.88. The molecule has 1 aromatic carbocycles. The fourth-order valence-electron chi connectivity index (χ4n) is 3.31. The fourth-order valence-corrected chi connectivity index (χ4v) is 4.31. The van der Waals surface area contributed by atoms with Crippen LogP contribution in [0.2, 0.25) is 5.15 Å². The van der Waals surface area contributed by atoms with Gasteiger partial charge in [0.15, 0.2) is 10.1 Å². The number of carbonyl (C=O) groups excluding carboxylic acids is 1. The predicted octanol–water partition coefficient (Wildman–Crippen LogP) is 4.27. The summed E-state index contributed by atoms with van der Waals surface area (Å²) in [6, 6.07) is 8.03. The molecule has 1 N–H and O–H groups in total. The molecule has 29 heavy (non-hydrogen) atoms. The Morgan fingerprint density at radius 2 is 2.21 bits per heavy atom. The van der Waals surface area contributed by atoms with E-state index in [0.29, 0.717) is 17.4 Å². The molecule has 0 fully saturated rings. The normalized spacial score (nSPS) is 12.7. The van der Waals surface area contributed by atoms with Crippen molar-refractivity contribution >= 4 is 39.9 Å². The van der Waals surface area contributed by atoms with Gasteiger partial charge < -0.3 is 10.1 Å². The smallest absolute Gasteiger partial charge is 0.244 e. The van der Waals surface area contributed by atoms with Gasteiger partial charge in [0, 0.05) is 24.2 Å². The van der Waals surface area contributed by atoms with Crippen molar-refractivity contribution in [1.29, 1.82) is 0 Å². The molecule has 0 saturated carbocycles. The average molecular weight is 433 g/mol. The van der Waals surface area contributed by atoms with Crippen molar-refractivity contribution in [1.82, 2.24) is 19.6 Å². The molecule has 0 spiro atoms. The minimum absolute atomic E-state index is 0.0552. The van der Waals surface area contributed by atoms with E-state index in [1.54, 1.807) is 13.2 Å². The van der Waals surface area contributed by atoms with Crippen molar-refractivity contribution in [3.63, 3.8) is 0 Å². The second kappa shape index (κ2) is 9.91. The van der Waals surface area contributed by atoms with Crippen LogP contribution in [0.3, 0.4) is 0 Å². The summed E-state index contributed by atoms with van der Waals surface area (Å²) in [6.45, 7) is 6.49. The molecule has 154 valence electrons. The number of nitrogens with one attached hydrogen (secondary N) is 1. The van der Waals surface area contributed by atoms with Gasteiger partial charge in [-0.05, 0) is 36.9 Å². The van der Waals surface area contributed by atoms with Gasteiger partial charge in [-0.1, -0.05) is 37.6 Å². The monoisotopic (exact) mass is 432 g/mol. The van der Waals surface area contributed by atoms with Crippen LogP contribution in [-0.2, 0) is 4.79 Å². The number of rotatable bonds is 9. The number of benzene rings is 1. The van der Waals surface area contributed by atoms with Crippen molar-refractivity contribution in [2.75, 3.05) is 26.7 Å². The largest absolute Gasteiger partial charge is 0.497 e. The average Bonchev–Trinajstić information content (AvgIpc) is 3.30. The number of imidazole rings is 1. The van der Waals surface area contributed by atoms with Gasteiger partial charge in [-0.25, -0.2) is 4.98 Å². The Labute approximate surface area is 179 Å². The summed E-state index contributed by atoms with van der Waals surface area (Å²) in [5.41, 5.74) is 1.81. The van der Waals surface area contributed by atoms with Crippen LogP contribution in [0.1, 0.15) is 31.1 Å². The van der Waals surface area contributed by atoms with Crippen LogP contribution in [0.4, 0.5) is 0 Å². The zero-order valence-corrected chi connectivity index (χ0v) is 18.3. The first-order valence-electron chi connectivity index (χ1n) is 9.52. The fraction of sp³-hybridized carbons (Fsp3) is 0.333. The van der Waals surface area contributed by atoms with Crippen LogP contribution < -0.4 is 10.1 Å². The van der Waals surface area contributed by atoms with Gasteiger partial charge in [0.05, 0.1) is 18.8 Å². The third kappa shape index (κ3) is 4.98. The molecule has 2 heterocycles. The Bertz CT molecular complexity index is 994. The van der Waals surface area contributed by atoms with Crippen LogP contribution in [0.15, 0.2) is 41.9 Å². The van der Waals surface area contributed by atoms with Gasteiger partial charge in [-0.15, -0.1) is 11.3 Å². The molecule has 0 aliphatic rings. The molecule has 1 amide bonds. The van der Waals surface area contributed by atoms with E-state index in [0.717, 1.165) is 29.4 Å². The number of thiazole rings is 1. The molecule has 0 aliphatic carbocycles. The summed E-state index contributed by atoms with van der Waals surface area (Å²) >= 11 is 7.68. The van der Waals surface area contributed by atoms with Crippen LogP contribution in [0, 0.1) is 0 Å². The quantitative estimate of drug-likeness (QED) is 0.513. The predicted molar refractivity (Wildman–Crippen MR) is 119 cm³/mol. The van der Waals surface area contributed by atoms with Gasteiger partial charge in [0.25, 0.3) is 0 Å². The second-order valence-electron chi connectivity index (χ2n) is 6.44. The molecule has 0 radical (unpaired) electrons. The van der Waals surface area contributed by atoms with Gasteiger partial charge in [-0.2, -0.15) is 0 Å². The molecule has 0 aliphatic heterocycles. The lowest BCUT2D eigenvalue weighted by molar-refractivity contribution is -0.116. The summed E-state index contributed by atoms with van der Waals surface area (Å²) in [5.74, 6) is 0.632. The lowest BCUT2D eigenvalue weighted by Gasteiger charge is -2.30. The van der Waals surface area contributed by atoms with Crippen LogP contribution in [-0.4, -0.2) is 46.9 Å². The number of nitrogens with zero attached hydrogens (tertiary/aromatic N) is 3. The highest BCUT2D eigenvalue weighted by molar-refractivity contribution is 7.15. The zero-order chi connectivity index (χ0) is 20.8. The maximum Gasteiger partial charge on any atom is 0.244 e. The van der Waals surface area contributed by atoms with E-state index in [1.165, 1.54) is 17.4 Å². The minimum atomic E-state index is -0.175. The molecule has 1 atom stereocenters. The van der Waals surface area contributed by atoms with E-state index in [1.807, 2.05) is 34.2 Å². The first-order valence-corrected chi connectivity index (χ1v) is 10.8. The minimum Gasteiger partial charge on any atom is -0.497 e. The van der Waals surface area contributed by atoms with Gasteiger partial charge in [0.1, 0.15) is 5.75 Å². The number of likely N-dealkylation sites (N-methyl/N-ethyl adjacent to an activating group) is 1. The van der Waals surface area contributed by atoms with E-state index in [4.69, 9.17) is 16.3 Å². The molecule has 3 rings (SSSR count). The van der Waals surface area contributed by atoms with E-state index >= 15 is 0 Å². The molecule has 1 unspecified atom stereocenters. The Balaban J connectivity index is 1.72. The summed E-state index contributed by atoms with van der Waals surface area (Å²) in [7, 11) is 1.66. The van der Waals surface area contributed by atoms with Crippen molar-refractivity contribution in [2.24, 2.45) is 0 Å². The number of hydrogen-bond acceptors (Lipinski definition) is 5.